The van der Waals surface area contributed by atoms with Crippen LogP contribution in [0.25, 0.3) is 10.9 Å². The van der Waals surface area contributed by atoms with Gasteiger partial charge >= 0.3 is 0 Å². The maximum absolute atomic E-state index is 12.8. The van der Waals surface area contributed by atoms with E-state index in [4.69, 9.17) is 34.8 Å². The Morgan fingerprint density at radius 3 is 2.33 bits per heavy atom. The largest absolute Gasteiger partial charge is 0.337 e. The molecule has 0 saturated carbocycles. The average molecular weight is 382 g/mol. The number of benzene rings is 2. The molecule has 0 radical (unpaired) electrons. The predicted octanol–water partition coefficient (Wildman–Crippen LogP) is 6.18. The smallest absolute Gasteiger partial charge is 0.272 e. The summed E-state index contributed by atoms with van der Waals surface area (Å²) in [6.45, 7) is 4.59. The molecule has 0 atom stereocenters. The van der Waals surface area contributed by atoms with Crippen LogP contribution in [0, 0.1) is 6.92 Å². The number of nitrogens with one attached hydrogen (secondary N) is 1. The number of carbonyl (C=O) groups excluding carboxylic acids is 1. The molecule has 3 rings (SSSR count). The molecule has 0 aliphatic carbocycles. The van der Waals surface area contributed by atoms with Crippen molar-refractivity contribution in [2.24, 2.45) is 0 Å². The van der Waals surface area contributed by atoms with Crippen LogP contribution in [-0.4, -0.2) is 10.5 Å². The fourth-order valence-electron chi connectivity index (χ4n) is 2.93. The predicted molar refractivity (Wildman–Crippen MR) is 102 cm³/mol. The number of aromatic nitrogens is 1. The topological polar surface area (TPSA) is 34.0 Å². The maximum Gasteiger partial charge on any atom is 0.272 e. The van der Waals surface area contributed by atoms with Gasteiger partial charge in [-0.05, 0) is 55.8 Å². The lowest BCUT2D eigenvalue weighted by atomic mass is 10.1. The second-order valence-electron chi connectivity index (χ2n) is 5.49. The number of hydrogen-bond acceptors (Lipinski definition) is 1. The molecule has 6 heteroatoms. The lowest BCUT2D eigenvalue weighted by molar-refractivity contribution is 0.101. The van der Waals surface area contributed by atoms with Crippen molar-refractivity contribution in [1.29, 1.82) is 0 Å². The SMILES string of the molecule is CCn1c(C(=O)Nc2cc(Cl)cc(Cl)c2)c(C)c2cc(Cl)ccc21. The van der Waals surface area contributed by atoms with Crippen LogP contribution in [-0.2, 0) is 6.54 Å². The Morgan fingerprint density at radius 1 is 1.04 bits per heavy atom. The third-order valence-corrected chi connectivity index (χ3v) is 4.60. The van der Waals surface area contributed by atoms with Gasteiger partial charge in [0.15, 0.2) is 0 Å². The minimum atomic E-state index is -0.208. The molecule has 0 unspecified atom stereocenters. The van der Waals surface area contributed by atoms with Crippen LogP contribution >= 0.6 is 34.8 Å². The molecule has 3 nitrogen and oxygen atoms in total. The van der Waals surface area contributed by atoms with Gasteiger partial charge in [-0.1, -0.05) is 34.8 Å². The minimum Gasteiger partial charge on any atom is -0.337 e. The number of fused-ring (bicyclic) bond motifs is 1. The summed E-state index contributed by atoms with van der Waals surface area (Å²) in [5.41, 5.74) is 3.03. The minimum absolute atomic E-state index is 0.208. The molecule has 0 fully saturated rings. The zero-order valence-corrected chi connectivity index (χ0v) is 15.4. The van der Waals surface area contributed by atoms with Crippen LogP contribution in [0.5, 0.6) is 0 Å². The standard InChI is InChI=1S/C18H15Cl3N2O/c1-3-23-16-5-4-11(19)9-15(16)10(2)17(23)18(24)22-14-7-12(20)6-13(21)8-14/h4-9H,3H2,1-2H3,(H,22,24). The van der Waals surface area contributed by atoms with Crippen molar-refractivity contribution < 1.29 is 4.79 Å². The summed E-state index contributed by atoms with van der Waals surface area (Å²) >= 11 is 18.1. The van der Waals surface area contributed by atoms with E-state index in [1.807, 2.05) is 36.6 Å². The zero-order valence-electron chi connectivity index (χ0n) is 13.2. The van der Waals surface area contributed by atoms with Crippen LogP contribution in [0.2, 0.25) is 15.1 Å². The Labute approximate surface area is 155 Å². The Morgan fingerprint density at radius 2 is 1.71 bits per heavy atom. The van der Waals surface area contributed by atoms with Gasteiger partial charge in [0.05, 0.1) is 0 Å². The summed E-state index contributed by atoms with van der Waals surface area (Å²) in [5.74, 6) is -0.208. The fraction of sp³-hybridized carbons (Fsp3) is 0.167. The number of carbonyl (C=O) groups is 1. The molecule has 24 heavy (non-hydrogen) atoms. The number of hydrogen-bond donors (Lipinski definition) is 1. The van der Waals surface area contributed by atoms with E-state index in [0.29, 0.717) is 33.0 Å². The van der Waals surface area contributed by atoms with E-state index in [9.17, 15) is 4.79 Å². The average Bonchev–Trinajstić information content (AvgIpc) is 2.78. The molecule has 1 aromatic heterocycles. The highest BCUT2D eigenvalue weighted by atomic mass is 35.5. The summed E-state index contributed by atoms with van der Waals surface area (Å²) in [6.07, 6.45) is 0. The molecular formula is C18H15Cl3N2O. The van der Waals surface area contributed by atoms with E-state index < -0.39 is 0 Å². The van der Waals surface area contributed by atoms with E-state index in [1.165, 1.54) is 0 Å². The van der Waals surface area contributed by atoms with Gasteiger partial charge < -0.3 is 9.88 Å². The number of amides is 1. The van der Waals surface area contributed by atoms with Crippen molar-refractivity contribution in [3.8, 4) is 0 Å². The van der Waals surface area contributed by atoms with Crippen LogP contribution in [0.4, 0.5) is 5.69 Å². The van der Waals surface area contributed by atoms with Gasteiger partial charge in [-0.25, -0.2) is 0 Å². The lowest BCUT2D eigenvalue weighted by Gasteiger charge is -2.10. The highest BCUT2D eigenvalue weighted by Crippen LogP contribution is 2.29. The van der Waals surface area contributed by atoms with Crippen LogP contribution in [0.15, 0.2) is 36.4 Å². The first kappa shape index (κ1) is 17.2. The molecule has 0 aliphatic heterocycles. The van der Waals surface area contributed by atoms with Gasteiger partial charge in [-0.3, -0.25) is 4.79 Å². The van der Waals surface area contributed by atoms with E-state index in [2.05, 4.69) is 5.32 Å². The van der Waals surface area contributed by atoms with Gasteiger partial charge in [0.1, 0.15) is 5.69 Å². The molecule has 3 aromatic rings. The lowest BCUT2D eigenvalue weighted by Crippen LogP contribution is -2.17. The summed E-state index contributed by atoms with van der Waals surface area (Å²) < 4.78 is 1.97. The number of halogens is 3. The summed E-state index contributed by atoms with van der Waals surface area (Å²) in [4.78, 5) is 12.8. The summed E-state index contributed by atoms with van der Waals surface area (Å²) in [5, 5.41) is 5.43. The van der Waals surface area contributed by atoms with Gasteiger partial charge in [0.25, 0.3) is 5.91 Å². The highest BCUT2D eigenvalue weighted by Gasteiger charge is 2.20. The molecule has 0 saturated heterocycles. The number of nitrogens with zero attached hydrogens (tertiary/aromatic N) is 1. The van der Waals surface area contributed by atoms with Crippen molar-refractivity contribution >= 4 is 57.3 Å². The molecule has 0 bridgehead atoms. The van der Waals surface area contributed by atoms with Crippen LogP contribution < -0.4 is 5.32 Å². The number of aryl methyl sites for hydroxylation is 2. The fourth-order valence-corrected chi connectivity index (χ4v) is 3.63. The van der Waals surface area contributed by atoms with Gasteiger partial charge in [0.2, 0.25) is 0 Å². The Kier molecular flexibility index (Phi) is 4.77. The molecule has 2 aromatic carbocycles. The monoisotopic (exact) mass is 380 g/mol. The quantitative estimate of drug-likeness (QED) is 0.577. The third kappa shape index (κ3) is 3.12. The molecule has 124 valence electrons. The van der Waals surface area contributed by atoms with Gasteiger partial charge in [-0.2, -0.15) is 0 Å². The Bertz CT molecular complexity index is 927. The number of anilines is 1. The molecule has 1 N–H and O–H groups in total. The Hall–Kier alpha value is -1.68. The first-order valence-corrected chi connectivity index (χ1v) is 8.60. The summed E-state index contributed by atoms with van der Waals surface area (Å²) in [7, 11) is 0. The Balaban J connectivity index is 2.07. The second kappa shape index (κ2) is 6.67. The molecule has 0 aliphatic rings. The van der Waals surface area contributed by atoms with Crippen molar-refractivity contribution in [3.63, 3.8) is 0 Å². The van der Waals surface area contributed by atoms with E-state index in [0.717, 1.165) is 16.5 Å². The van der Waals surface area contributed by atoms with E-state index in [1.54, 1.807) is 18.2 Å². The molecular weight excluding hydrogens is 367 g/mol. The molecule has 1 heterocycles. The van der Waals surface area contributed by atoms with Gasteiger partial charge in [0, 0.05) is 38.2 Å². The molecule has 0 spiro atoms. The van der Waals surface area contributed by atoms with E-state index in [-0.39, 0.29) is 5.91 Å². The zero-order chi connectivity index (χ0) is 17.4. The van der Waals surface area contributed by atoms with Crippen molar-refractivity contribution in [1.82, 2.24) is 4.57 Å². The van der Waals surface area contributed by atoms with Crippen LogP contribution in [0.3, 0.4) is 0 Å². The third-order valence-electron chi connectivity index (χ3n) is 3.93. The van der Waals surface area contributed by atoms with Crippen molar-refractivity contribution in [3.05, 3.63) is 62.7 Å². The van der Waals surface area contributed by atoms with Gasteiger partial charge in [-0.15, -0.1) is 0 Å². The first-order valence-electron chi connectivity index (χ1n) is 7.46. The molecule has 1 amide bonds. The van der Waals surface area contributed by atoms with E-state index >= 15 is 0 Å². The van der Waals surface area contributed by atoms with Crippen LogP contribution in [0.1, 0.15) is 23.0 Å². The summed E-state index contributed by atoms with van der Waals surface area (Å²) in [6, 6.07) is 10.6. The normalized spacial score (nSPS) is 11.0. The highest BCUT2D eigenvalue weighted by molar-refractivity contribution is 6.35. The number of rotatable bonds is 3. The van der Waals surface area contributed by atoms with Crippen molar-refractivity contribution in [2.45, 2.75) is 20.4 Å². The second-order valence-corrected chi connectivity index (χ2v) is 6.80. The first-order chi connectivity index (χ1) is 11.4. The van der Waals surface area contributed by atoms with Crippen molar-refractivity contribution in [2.75, 3.05) is 5.32 Å². The maximum atomic E-state index is 12.8.